The van der Waals surface area contributed by atoms with Crippen molar-refractivity contribution < 1.29 is 124 Å². The van der Waals surface area contributed by atoms with Crippen molar-refractivity contribution in [3.8, 4) is 109 Å². The zero-order chi connectivity index (χ0) is 57.7. The molecule has 5 aromatic rings. The lowest BCUT2D eigenvalue weighted by Crippen LogP contribution is -2.10. The van der Waals surface area contributed by atoms with Gasteiger partial charge in [0, 0.05) is 131 Å². The van der Waals surface area contributed by atoms with Crippen LogP contribution in [0, 0.1) is 0 Å². The second-order valence-electron chi connectivity index (χ2n) is 15.5. The number of hydrogen-bond acceptors (Lipinski definition) is 26. The molecular weight excluding hydrogens is 1040 g/mol. The third-order valence-corrected chi connectivity index (χ3v) is 8.55. The summed E-state index contributed by atoms with van der Waals surface area (Å²) in [6, 6.07) is 11.5. The normalized spacial score (nSPS) is 10.3. The van der Waals surface area contributed by atoms with Crippen LogP contribution >= 0.6 is 0 Å². The molecule has 0 fully saturated rings. The van der Waals surface area contributed by atoms with E-state index in [0.29, 0.717) is 0 Å². The number of carbonyl (C=O) groups is 11. The van der Waals surface area contributed by atoms with Gasteiger partial charge < -0.3 is 71.1 Å². The van der Waals surface area contributed by atoms with Crippen molar-refractivity contribution in [1.82, 2.24) is 0 Å². The van der Waals surface area contributed by atoms with Crippen LogP contribution in [0.2, 0.25) is 0 Å². The summed E-state index contributed by atoms with van der Waals surface area (Å²) in [4.78, 5) is 137. The molecule has 0 unspecified atom stereocenters. The second kappa shape index (κ2) is 25.6. The Kier molecular flexibility index (Phi) is 19.2. The van der Waals surface area contributed by atoms with Crippen molar-refractivity contribution in [1.29, 1.82) is 0 Å². The van der Waals surface area contributed by atoms with E-state index >= 15 is 0 Å². The molecule has 0 saturated heterocycles. The highest BCUT2D eigenvalue weighted by atomic mass is 16.6. The summed E-state index contributed by atoms with van der Waals surface area (Å²) in [5, 5.41) is 0. The Hall–Kier alpha value is -10.5. The Morgan fingerprint density at radius 1 is 0.205 bits per heavy atom. The Balaban J connectivity index is 1.88. The van der Waals surface area contributed by atoms with Crippen molar-refractivity contribution in [2.24, 2.45) is 0 Å². The summed E-state index contributed by atoms with van der Waals surface area (Å²) in [5.74, 6) is -20.2. The Morgan fingerprint density at radius 2 is 0.436 bits per heavy atom. The summed E-state index contributed by atoms with van der Waals surface area (Å²) in [5.41, 5.74) is 0. The molecule has 0 saturated carbocycles. The molecule has 0 N–H and O–H groups in total. The predicted octanol–water partition coefficient (Wildman–Crippen LogP) is 8.03. The van der Waals surface area contributed by atoms with Gasteiger partial charge in [-0.25, -0.2) is 0 Å². The molecule has 0 atom stereocenters. The van der Waals surface area contributed by atoms with E-state index in [-0.39, 0.29) is 28.7 Å². The van der Waals surface area contributed by atoms with E-state index in [0.717, 1.165) is 143 Å². The van der Waals surface area contributed by atoms with Gasteiger partial charge in [-0.3, -0.25) is 52.7 Å². The molecule has 26 heteroatoms. The first-order valence-corrected chi connectivity index (χ1v) is 22.2. The Morgan fingerprint density at radius 3 is 0.769 bits per heavy atom. The standard InChI is InChI=1S/C52H44O26/c1-23(53)64-34-14-35(65-24(2)54)16-36(15-34)75-48-42(70-29(7)59)17-38(67-26(4)56)21-46(48)78-52-40(69-28(6)58)12-13-41(51(52)74-33(11)63)76-50-45(73-32(10)62)20-39(68-27(5)57)22-47(50)77-49-43(71-30(8)60)18-37(66-25(3)55)19-44(49)72-31(9)61/h12-22H,1-11H3. The van der Waals surface area contributed by atoms with Gasteiger partial charge in [0.2, 0.25) is 28.7 Å². The highest BCUT2D eigenvalue weighted by Gasteiger charge is 2.31. The Labute approximate surface area is 440 Å². The first-order chi connectivity index (χ1) is 36.6. The fraction of sp³-hybridized carbons (Fsp3) is 0.212. The minimum absolute atomic E-state index is 0.218. The smallest absolute Gasteiger partial charge is 0.308 e. The van der Waals surface area contributed by atoms with Crippen molar-refractivity contribution in [2.75, 3.05) is 0 Å². The Bertz CT molecular complexity index is 3220. The third kappa shape index (κ3) is 17.0. The molecule has 0 spiro atoms. The quantitative estimate of drug-likeness (QED) is 0.0557. The van der Waals surface area contributed by atoms with E-state index in [2.05, 4.69) is 0 Å². The van der Waals surface area contributed by atoms with Gasteiger partial charge in [-0.2, -0.15) is 0 Å². The fourth-order valence-corrected chi connectivity index (χ4v) is 6.39. The number of ether oxygens (including phenoxy) is 15. The first-order valence-electron chi connectivity index (χ1n) is 22.2. The zero-order valence-electron chi connectivity index (χ0n) is 43.0. The van der Waals surface area contributed by atoms with Gasteiger partial charge in [0.05, 0.1) is 0 Å². The van der Waals surface area contributed by atoms with Crippen LogP contribution in [0.15, 0.2) is 66.7 Å². The van der Waals surface area contributed by atoms with Gasteiger partial charge >= 0.3 is 65.7 Å². The molecule has 5 rings (SSSR count). The highest BCUT2D eigenvalue weighted by molar-refractivity contribution is 5.81. The minimum atomic E-state index is -1.11. The monoisotopic (exact) mass is 1080 g/mol. The van der Waals surface area contributed by atoms with Gasteiger partial charge in [-0.1, -0.05) is 0 Å². The van der Waals surface area contributed by atoms with E-state index in [4.69, 9.17) is 71.1 Å². The molecule has 0 aromatic heterocycles. The van der Waals surface area contributed by atoms with Crippen LogP contribution in [0.1, 0.15) is 76.2 Å². The van der Waals surface area contributed by atoms with Crippen LogP contribution in [-0.4, -0.2) is 65.7 Å². The van der Waals surface area contributed by atoms with E-state index in [9.17, 15) is 52.7 Å². The van der Waals surface area contributed by atoms with Crippen LogP contribution in [-0.2, 0) is 52.7 Å². The largest absolute Gasteiger partial charge is 0.449 e. The molecule has 0 heterocycles. The zero-order valence-corrected chi connectivity index (χ0v) is 43.0. The van der Waals surface area contributed by atoms with Crippen molar-refractivity contribution in [2.45, 2.75) is 76.2 Å². The van der Waals surface area contributed by atoms with Crippen molar-refractivity contribution >= 4 is 65.7 Å². The van der Waals surface area contributed by atoms with Crippen LogP contribution in [0.4, 0.5) is 0 Å². The summed E-state index contributed by atoms with van der Waals surface area (Å²) in [7, 11) is 0. The fourth-order valence-electron chi connectivity index (χ4n) is 6.39. The molecule has 0 aliphatic heterocycles. The predicted molar refractivity (Wildman–Crippen MR) is 257 cm³/mol. The third-order valence-electron chi connectivity index (χ3n) is 8.55. The molecule has 0 radical (unpaired) electrons. The van der Waals surface area contributed by atoms with Gasteiger partial charge in [-0.15, -0.1) is 0 Å². The first kappa shape index (κ1) is 58.4. The number of rotatable bonds is 19. The maximum absolute atomic E-state index is 13.1. The number of hydrogen-bond donors (Lipinski definition) is 0. The lowest BCUT2D eigenvalue weighted by atomic mass is 10.2. The van der Waals surface area contributed by atoms with E-state index in [1.54, 1.807) is 0 Å². The van der Waals surface area contributed by atoms with Gasteiger partial charge in [-0.05, 0) is 12.1 Å². The summed E-state index contributed by atoms with van der Waals surface area (Å²) >= 11 is 0. The topological polar surface area (TPSA) is 326 Å². The lowest BCUT2D eigenvalue weighted by molar-refractivity contribution is -0.133. The summed E-state index contributed by atoms with van der Waals surface area (Å²) in [6.45, 7) is 11.1. The number of esters is 11. The molecular formula is C52H44O26. The van der Waals surface area contributed by atoms with Gasteiger partial charge in [0.1, 0.15) is 34.5 Å². The van der Waals surface area contributed by atoms with Crippen molar-refractivity contribution in [3.63, 3.8) is 0 Å². The lowest BCUT2D eigenvalue weighted by Gasteiger charge is -2.22. The average molecular weight is 1080 g/mol. The van der Waals surface area contributed by atoms with E-state index < -0.39 is 146 Å². The minimum Gasteiger partial charge on any atom is -0.449 e. The molecule has 0 amide bonds. The molecule has 0 aliphatic rings. The second-order valence-corrected chi connectivity index (χ2v) is 15.5. The van der Waals surface area contributed by atoms with Gasteiger partial charge in [0.25, 0.3) is 0 Å². The van der Waals surface area contributed by atoms with E-state index in [1.807, 2.05) is 0 Å². The summed E-state index contributed by atoms with van der Waals surface area (Å²) in [6.07, 6.45) is 0. The van der Waals surface area contributed by atoms with Crippen molar-refractivity contribution in [3.05, 3.63) is 66.7 Å². The molecule has 78 heavy (non-hydrogen) atoms. The molecule has 5 aromatic carbocycles. The molecule has 26 nitrogen and oxygen atoms in total. The van der Waals surface area contributed by atoms with Gasteiger partial charge in [0.15, 0.2) is 46.0 Å². The van der Waals surface area contributed by atoms with Crippen LogP contribution in [0.5, 0.6) is 109 Å². The maximum Gasteiger partial charge on any atom is 0.308 e. The SMILES string of the molecule is CC(=O)Oc1cc(OC(C)=O)cc(Oc2c(OC(C)=O)cc(OC(C)=O)cc2Oc2c(OC(C)=O)ccc(Oc3c(OC(C)=O)cc(OC(C)=O)cc3Oc3c(OC(C)=O)cc(OC(C)=O)cc3OC(C)=O)c2OC(C)=O)c1. The number of benzene rings is 5. The number of carbonyl (C=O) groups excluding carboxylic acids is 11. The molecule has 408 valence electrons. The van der Waals surface area contributed by atoms with Crippen LogP contribution in [0.25, 0.3) is 0 Å². The average Bonchev–Trinajstić information content (AvgIpc) is 3.33. The van der Waals surface area contributed by atoms with Crippen LogP contribution < -0.4 is 71.1 Å². The maximum atomic E-state index is 13.1. The summed E-state index contributed by atoms with van der Waals surface area (Å²) < 4.78 is 84.1. The molecule has 0 aliphatic carbocycles. The van der Waals surface area contributed by atoms with E-state index in [1.165, 1.54) is 0 Å². The van der Waals surface area contributed by atoms with Crippen LogP contribution in [0.3, 0.4) is 0 Å². The molecule has 0 bridgehead atoms. The highest BCUT2D eigenvalue weighted by Crippen LogP contribution is 2.56.